The van der Waals surface area contributed by atoms with Gasteiger partial charge in [-0.15, -0.1) is 11.3 Å². The van der Waals surface area contributed by atoms with Gasteiger partial charge in [0.2, 0.25) is 0 Å². The first-order valence-electron chi connectivity index (χ1n) is 16.1. The van der Waals surface area contributed by atoms with Crippen LogP contribution >= 0.6 is 11.3 Å². The summed E-state index contributed by atoms with van der Waals surface area (Å²) in [6.45, 7) is 0. The summed E-state index contributed by atoms with van der Waals surface area (Å²) in [6.07, 6.45) is 0. The van der Waals surface area contributed by atoms with Gasteiger partial charge in [0.25, 0.3) is 0 Å². The normalized spacial score (nSPS) is 11.6. The lowest BCUT2D eigenvalue weighted by Crippen LogP contribution is -2.01. The van der Waals surface area contributed by atoms with E-state index in [1.165, 1.54) is 25.6 Å². The van der Waals surface area contributed by atoms with Gasteiger partial charge in [0.05, 0.1) is 56.7 Å². The maximum Gasteiger partial charge on any atom is 0.0991 e. The minimum atomic E-state index is 0.652. The van der Waals surface area contributed by atoms with Crippen LogP contribution in [0.5, 0.6) is 0 Å². The average molecular weight is 641 g/mol. The van der Waals surface area contributed by atoms with Crippen molar-refractivity contribution in [2.24, 2.45) is 0 Å². The van der Waals surface area contributed by atoms with Crippen LogP contribution in [0.1, 0.15) is 11.1 Å². The predicted molar refractivity (Wildman–Crippen MR) is 203 cm³/mol. The third-order valence-electron chi connectivity index (χ3n) is 9.77. The molecule has 0 N–H and O–H groups in total. The molecule has 7 aromatic carbocycles. The van der Waals surface area contributed by atoms with Crippen molar-refractivity contribution in [3.8, 4) is 34.6 Å². The van der Waals surface area contributed by atoms with E-state index in [0.29, 0.717) is 11.1 Å². The Morgan fingerprint density at radius 2 is 0.878 bits per heavy atom. The highest BCUT2D eigenvalue weighted by Gasteiger charge is 2.21. The van der Waals surface area contributed by atoms with E-state index < -0.39 is 0 Å². The molecule has 0 atom stereocenters. The van der Waals surface area contributed by atoms with E-state index in [4.69, 9.17) is 0 Å². The molecule has 0 aliphatic heterocycles. The largest absolute Gasteiger partial charge is 0.309 e. The zero-order valence-corrected chi connectivity index (χ0v) is 26.9. The molecule has 226 valence electrons. The van der Waals surface area contributed by atoms with Crippen molar-refractivity contribution in [3.63, 3.8) is 0 Å². The number of fused-ring (bicyclic) bond motifs is 9. The quantitative estimate of drug-likeness (QED) is 0.193. The number of benzene rings is 7. The van der Waals surface area contributed by atoms with Crippen LogP contribution in [0.2, 0.25) is 0 Å². The Morgan fingerprint density at radius 3 is 1.53 bits per heavy atom. The van der Waals surface area contributed by atoms with E-state index in [1.54, 1.807) is 11.3 Å². The van der Waals surface area contributed by atoms with Crippen molar-refractivity contribution in [1.29, 1.82) is 10.5 Å². The van der Waals surface area contributed by atoms with E-state index in [-0.39, 0.29) is 0 Å². The molecule has 0 aliphatic rings. The molecule has 5 heteroatoms. The maximum atomic E-state index is 9.70. The minimum Gasteiger partial charge on any atom is -0.309 e. The fraction of sp³-hybridized carbons (Fsp3) is 0. The van der Waals surface area contributed by atoms with Gasteiger partial charge in [0.15, 0.2) is 0 Å². The van der Waals surface area contributed by atoms with Gasteiger partial charge >= 0.3 is 0 Å². The van der Waals surface area contributed by atoms with Crippen LogP contribution in [-0.2, 0) is 0 Å². The fourth-order valence-electron chi connectivity index (χ4n) is 7.66. The Kier molecular flexibility index (Phi) is 5.84. The van der Waals surface area contributed by atoms with Crippen molar-refractivity contribution in [2.45, 2.75) is 0 Å². The van der Waals surface area contributed by atoms with Gasteiger partial charge in [-0.3, -0.25) is 0 Å². The molecule has 0 radical (unpaired) electrons. The molecule has 49 heavy (non-hydrogen) atoms. The summed E-state index contributed by atoms with van der Waals surface area (Å²) in [7, 11) is 0. The molecule has 0 bridgehead atoms. The second kappa shape index (κ2) is 10.4. The highest BCUT2D eigenvalue weighted by atomic mass is 32.1. The third-order valence-corrected chi connectivity index (χ3v) is 10.9. The third kappa shape index (κ3) is 3.95. The first-order valence-corrected chi connectivity index (χ1v) is 17.0. The van der Waals surface area contributed by atoms with Crippen LogP contribution in [-0.4, -0.2) is 9.13 Å². The number of rotatable bonds is 3. The van der Waals surface area contributed by atoms with Gasteiger partial charge in [0.1, 0.15) is 0 Å². The topological polar surface area (TPSA) is 57.4 Å². The van der Waals surface area contributed by atoms with Crippen LogP contribution in [0.15, 0.2) is 146 Å². The van der Waals surface area contributed by atoms with Gasteiger partial charge in [0, 0.05) is 52.8 Å². The summed E-state index contributed by atoms with van der Waals surface area (Å²) in [5.41, 5.74) is 10.2. The minimum absolute atomic E-state index is 0.652. The van der Waals surface area contributed by atoms with Crippen molar-refractivity contribution in [1.82, 2.24) is 9.13 Å². The first kappa shape index (κ1) is 27.5. The Labute approximate surface area is 285 Å². The summed E-state index contributed by atoms with van der Waals surface area (Å²) in [5, 5.41) is 26.2. The molecule has 0 aliphatic carbocycles. The molecule has 10 aromatic rings. The molecule has 0 amide bonds. The Bertz CT molecular complexity index is 3090. The lowest BCUT2D eigenvalue weighted by molar-refractivity contribution is 1.16. The molecule has 0 fully saturated rings. The molecule has 10 rings (SSSR count). The molecule has 3 aromatic heterocycles. The molecule has 4 nitrogen and oxygen atoms in total. The molecule has 0 saturated heterocycles. The summed E-state index contributed by atoms with van der Waals surface area (Å²) in [6, 6.07) is 55.6. The lowest BCUT2D eigenvalue weighted by Gasteiger charge is -2.18. The number of thiophene rings is 1. The highest BCUT2D eigenvalue weighted by molar-refractivity contribution is 7.25. The smallest absolute Gasteiger partial charge is 0.0991 e. The van der Waals surface area contributed by atoms with E-state index in [2.05, 4.69) is 143 Å². The van der Waals surface area contributed by atoms with E-state index in [1.807, 2.05) is 24.3 Å². The molecular weight excluding hydrogens is 617 g/mol. The molecule has 0 saturated carbocycles. The summed E-state index contributed by atoms with van der Waals surface area (Å²) in [4.78, 5) is 0. The van der Waals surface area contributed by atoms with Gasteiger partial charge < -0.3 is 9.13 Å². The summed E-state index contributed by atoms with van der Waals surface area (Å²) < 4.78 is 7.12. The molecular formula is C44H24N4S. The van der Waals surface area contributed by atoms with Crippen LogP contribution < -0.4 is 0 Å². The molecule has 0 spiro atoms. The lowest BCUT2D eigenvalue weighted by atomic mass is 10.0. The van der Waals surface area contributed by atoms with Crippen LogP contribution in [0, 0.1) is 22.7 Å². The second-order valence-electron chi connectivity index (χ2n) is 12.4. The first-order chi connectivity index (χ1) is 24.2. The predicted octanol–water partition coefficient (Wildman–Crippen LogP) is 11.7. The maximum absolute atomic E-state index is 9.70. The zero-order chi connectivity index (χ0) is 32.6. The Hall–Kier alpha value is -6.66. The summed E-state index contributed by atoms with van der Waals surface area (Å²) >= 11 is 1.77. The zero-order valence-electron chi connectivity index (χ0n) is 26.1. The molecule has 3 heterocycles. The van der Waals surface area contributed by atoms with Gasteiger partial charge in [-0.2, -0.15) is 10.5 Å². The average Bonchev–Trinajstić information content (AvgIpc) is 3.80. The summed E-state index contributed by atoms with van der Waals surface area (Å²) in [5.74, 6) is 0. The fourth-order valence-corrected chi connectivity index (χ4v) is 8.76. The number of hydrogen-bond donors (Lipinski definition) is 0. The second-order valence-corrected chi connectivity index (χ2v) is 13.5. The van der Waals surface area contributed by atoms with E-state index in [9.17, 15) is 10.5 Å². The highest BCUT2D eigenvalue weighted by Crippen LogP contribution is 2.43. The van der Waals surface area contributed by atoms with Crippen LogP contribution in [0.4, 0.5) is 0 Å². The number of nitrogens with zero attached hydrogens (tertiary/aromatic N) is 4. The number of hydrogen-bond acceptors (Lipinski definition) is 3. The van der Waals surface area contributed by atoms with Gasteiger partial charge in [-0.05, 0) is 72.8 Å². The Morgan fingerprint density at radius 1 is 0.388 bits per heavy atom. The van der Waals surface area contributed by atoms with Crippen molar-refractivity contribution in [3.05, 3.63) is 157 Å². The Balaban J connectivity index is 1.27. The van der Waals surface area contributed by atoms with Crippen molar-refractivity contribution < 1.29 is 0 Å². The number of aromatic nitrogens is 2. The van der Waals surface area contributed by atoms with Crippen molar-refractivity contribution in [2.75, 3.05) is 0 Å². The number of nitriles is 2. The van der Waals surface area contributed by atoms with E-state index >= 15 is 0 Å². The number of para-hydroxylation sites is 4. The monoisotopic (exact) mass is 640 g/mol. The van der Waals surface area contributed by atoms with E-state index in [0.717, 1.165) is 60.7 Å². The van der Waals surface area contributed by atoms with Crippen LogP contribution in [0.25, 0.3) is 86.3 Å². The van der Waals surface area contributed by atoms with Crippen molar-refractivity contribution >= 4 is 75.1 Å². The standard InChI is InChI=1S/C44H24N4S/c45-25-27-17-19-41-33(21-27)31-11-3-7-15-39(31)47(41)37-13-5-1-9-29(37)30-10-2-6-14-38(30)48-40-16-8-4-12-32(40)34-23-36-35-22-28(26-46)18-20-43(35)49-44(36)24-42(34)48/h1-24H. The van der Waals surface area contributed by atoms with Crippen LogP contribution in [0.3, 0.4) is 0 Å². The van der Waals surface area contributed by atoms with Gasteiger partial charge in [-0.25, -0.2) is 0 Å². The van der Waals surface area contributed by atoms with Gasteiger partial charge in [-0.1, -0.05) is 72.8 Å². The molecule has 0 unspecified atom stereocenters. The SMILES string of the molecule is N#Cc1ccc2sc3cc4c(cc3c2c1)c1ccccc1n4-c1ccccc1-c1ccccc1-n1c2ccccc2c2cc(C#N)ccc21.